The number of carbonyl (C=O) groups is 2. The van der Waals surface area contributed by atoms with E-state index < -0.39 is 0 Å². The average molecular weight is 371 g/mol. The molecule has 5 heterocycles. The number of amides is 2. The first-order chi connectivity index (χ1) is 12.7. The molecule has 2 atom stereocenters. The third kappa shape index (κ3) is 3.21. The van der Waals surface area contributed by atoms with Gasteiger partial charge in [0.15, 0.2) is 0 Å². The molecule has 0 unspecified atom stereocenters. The first-order valence-corrected chi connectivity index (χ1v) is 9.87. The predicted octanol–water partition coefficient (Wildman–Crippen LogP) is 1.76. The van der Waals surface area contributed by atoms with E-state index in [2.05, 4.69) is 15.0 Å². The third-order valence-corrected chi connectivity index (χ3v) is 5.80. The summed E-state index contributed by atoms with van der Waals surface area (Å²) in [5.41, 5.74) is 3.19. The van der Waals surface area contributed by atoms with Crippen molar-refractivity contribution in [3.63, 3.8) is 0 Å². The fourth-order valence-electron chi connectivity index (χ4n) is 3.73. The molecule has 3 aliphatic rings. The van der Waals surface area contributed by atoms with Crippen LogP contribution in [0.1, 0.15) is 41.6 Å². The Kier molecular flexibility index (Phi) is 4.67. The van der Waals surface area contributed by atoms with Gasteiger partial charge in [0, 0.05) is 43.3 Å². The molecule has 0 saturated carbocycles. The van der Waals surface area contributed by atoms with E-state index in [9.17, 15) is 9.59 Å². The van der Waals surface area contributed by atoms with Gasteiger partial charge in [0.2, 0.25) is 5.91 Å². The number of fused-ring (bicyclic) bond motifs is 4. The second kappa shape index (κ2) is 7.11. The summed E-state index contributed by atoms with van der Waals surface area (Å²) in [5, 5.41) is 1.97. The molecule has 8 heteroatoms. The first kappa shape index (κ1) is 17.1. The summed E-state index contributed by atoms with van der Waals surface area (Å²) in [7, 11) is 0. The van der Waals surface area contributed by atoms with Gasteiger partial charge in [-0.2, -0.15) is 0 Å². The normalized spacial score (nSPS) is 22.6. The molecule has 2 aromatic rings. The van der Waals surface area contributed by atoms with E-state index >= 15 is 0 Å². The highest BCUT2D eigenvalue weighted by Crippen LogP contribution is 2.31. The number of aryl methyl sites for hydroxylation is 1. The van der Waals surface area contributed by atoms with E-state index in [0.29, 0.717) is 25.2 Å². The minimum atomic E-state index is -0.132. The monoisotopic (exact) mass is 371 g/mol. The molecule has 0 radical (unpaired) electrons. The Balaban J connectivity index is 1.53. The van der Waals surface area contributed by atoms with Crippen molar-refractivity contribution in [1.82, 2.24) is 24.8 Å². The Morgan fingerprint density at radius 3 is 2.73 bits per heavy atom. The van der Waals surface area contributed by atoms with Crippen LogP contribution in [0.2, 0.25) is 0 Å². The number of rotatable bonds is 4. The summed E-state index contributed by atoms with van der Waals surface area (Å²) < 4.78 is 0. The van der Waals surface area contributed by atoms with E-state index in [1.165, 1.54) is 11.3 Å². The van der Waals surface area contributed by atoms with E-state index in [-0.39, 0.29) is 23.8 Å². The van der Waals surface area contributed by atoms with Gasteiger partial charge in [-0.3, -0.25) is 9.59 Å². The zero-order chi connectivity index (χ0) is 18.1. The zero-order valence-corrected chi connectivity index (χ0v) is 15.5. The standard InChI is InChI=1S/C18H21N5O2S/c1-2-16-19-5-13(6-20-16)17(24)22-7-12-3-4-15(9-22)23(18(12)25)8-14-10-26-11-21-14/h5-6,10-12,15H,2-4,7-9H2,1H3/t12-,15+/m0/s1. The van der Waals surface area contributed by atoms with Crippen molar-refractivity contribution < 1.29 is 9.59 Å². The largest absolute Gasteiger partial charge is 0.336 e. The molecule has 136 valence electrons. The highest BCUT2D eigenvalue weighted by Gasteiger charge is 2.42. The van der Waals surface area contributed by atoms with Gasteiger partial charge in [-0.05, 0) is 12.8 Å². The fraction of sp³-hybridized carbons (Fsp3) is 0.500. The molecule has 3 fully saturated rings. The Hall–Kier alpha value is -2.35. The van der Waals surface area contributed by atoms with Crippen LogP contribution in [0.25, 0.3) is 0 Å². The van der Waals surface area contributed by atoms with Crippen molar-refractivity contribution in [3.05, 3.63) is 40.4 Å². The second-order valence-electron chi connectivity index (χ2n) is 6.83. The van der Waals surface area contributed by atoms with Crippen molar-refractivity contribution in [2.75, 3.05) is 13.1 Å². The van der Waals surface area contributed by atoms with Gasteiger partial charge < -0.3 is 9.80 Å². The molecule has 7 nitrogen and oxygen atoms in total. The molecular formula is C18H21N5O2S. The van der Waals surface area contributed by atoms with Crippen LogP contribution < -0.4 is 0 Å². The lowest BCUT2D eigenvalue weighted by Gasteiger charge is -2.35. The molecule has 2 bridgehead atoms. The van der Waals surface area contributed by atoms with Crippen LogP contribution in [0.5, 0.6) is 0 Å². The van der Waals surface area contributed by atoms with E-state index in [1.807, 2.05) is 17.2 Å². The number of nitrogens with zero attached hydrogens (tertiary/aromatic N) is 5. The number of carbonyl (C=O) groups excluding carboxylic acids is 2. The lowest BCUT2D eigenvalue weighted by Crippen LogP contribution is -2.47. The Morgan fingerprint density at radius 2 is 2.04 bits per heavy atom. The van der Waals surface area contributed by atoms with Crippen molar-refractivity contribution in [3.8, 4) is 0 Å². The van der Waals surface area contributed by atoms with Crippen LogP contribution in [0, 0.1) is 5.92 Å². The van der Waals surface area contributed by atoms with Crippen LogP contribution in [0.4, 0.5) is 0 Å². The van der Waals surface area contributed by atoms with Crippen molar-refractivity contribution >= 4 is 23.2 Å². The van der Waals surface area contributed by atoms with Gasteiger partial charge in [-0.15, -0.1) is 11.3 Å². The maximum atomic E-state index is 12.9. The Bertz CT molecular complexity index is 792. The van der Waals surface area contributed by atoms with Crippen molar-refractivity contribution in [2.24, 2.45) is 5.92 Å². The van der Waals surface area contributed by atoms with E-state index in [1.54, 1.807) is 22.8 Å². The van der Waals surface area contributed by atoms with Gasteiger partial charge in [0.25, 0.3) is 5.91 Å². The Morgan fingerprint density at radius 1 is 1.23 bits per heavy atom. The summed E-state index contributed by atoms with van der Waals surface area (Å²) in [6, 6.07) is 0.0442. The summed E-state index contributed by atoms with van der Waals surface area (Å²) in [5.74, 6) is 0.643. The highest BCUT2D eigenvalue weighted by atomic mass is 32.1. The molecule has 3 saturated heterocycles. The molecule has 26 heavy (non-hydrogen) atoms. The van der Waals surface area contributed by atoms with Crippen molar-refractivity contribution in [1.29, 1.82) is 0 Å². The second-order valence-corrected chi connectivity index (χ2v) is 7.54. The van der Waals surface area contributed by atoms with Crippen LogP contribution in [-0.4, -0.2) is 55.7 Å². The summed E-state index contributed by atoms with van der Waals surface area (Å²) in [6.45, 7) is 3.53. The minimum Gasteiger partial charge on any atom is -0.336 e. The molecular weight excluding hydrogens is 350 g/mol. The molecule has 0 aromatic carbocycles. The van der Waals surface area contributed by atoms with Gasteiger partial charge in [-0.25, -0.2) is 15.0 Å². The third-order valence-electron chi connectivity index (χ3n) is 5.16. The summed E-state index contributed by atoms with van der Waals surface area (Å²) in [4.78, 5) is 42.2. The molecule has 0 N–H and O–H groups in total. The predicted molar refractivity (Wildman–Crippen MR) is 96.5 cm³/mol. The number of hydrogen-bond donors (Lipinski definition) is 0. The molecule has 0 aliphatic carbocycles. The van der Waals surface area contributed by atoms with Gasteiger partial charge >= 0.3 is 0 Å². The fourth-order valence-corrected chi connectivity index (χ4v) is 4.28. The molecule has 3 aliphatic heterocycles. The number of aromatic nitrogens is 3. The van der Waals surface area contributed by atoms with Crippen LogP contribution in [0.15, 0.2) is 23.3 Å². The maximum Gasteiger partial charge on any atom is 0.257 e. The highest BCUT2D eigenvalue weighted by molar-refractivity contribution is 7.07. The van der Waals surface area contributed by atoms with Gasteiger partial charge in [-0.1, -0.05) is 6.92 Å². The molecule has 5 rings (SSSR count). The number of thiazole rings is 1. The number of piperidine rings is 1. The SMILES string of the molecule is CCc1ncc(C(=O)N2C[C@@H]3CC[C@H](C2)N(Cc2cscn2)C3=O)cn1. The first-order valence-electron chi connectivity index (χ1n) is 8.93. The van der Waals surface area contributed by atoms with Crippen LogP contribution in [0.3, 0.4) is 0 Å². The Labute approximate surface area is 156 Å². The number of hydrogen-bond acceptors (Lipinski definition) is 6. The summed E-state index contributed by atoms with van der Waals surface area (Å²) in [6.07, 6.45) is 5.69. The quantitative estimate of drug-likeness (QED) is 0.818. The molecule has 2 aromatic heterocycles. The zero-order valence-electron chi connectivity index (χ0n) is 14.7. The van der Waals surface area contributed by atoms with Gasteiger partial charge in [0.1, 0.15) is 5.82 Å². The topological polar surface area (TPSA) is 79.3 Å². The summed E-state index contributed by atoms with van der Waals surface area (Å²) >= 11 is 1.53. The molecule has 0 spiro atoms. The van der Waals surface area contributed by atoms with E-state index in [0.717, 1.165) is 30.8 Å². The van der Waals surface area contributed by atoms with Crippen LogP contribution >= 0.6 is 11.3 Å². The average Bonchev–Trinajstić information content (AvgIpc) is 3.04. The van der Waals surface area contributed by atoms with Crippen molar-refractivity contribution in [2.45, 2.75) is 38.8 Å². The van der Waals surface area contributed by atoms with Crippen LogP contribution in [-0.2, 0) is 17.8 Å². The lowest BCUT2D eigenvalue weighted by molar-refractivity contribution is -0.140. The minimum absolute atomic E-state index is 0.0442. The lowest BCUT2D eigenvalue weighted by atomic mass is 9.94. The smallest absolute Gasteiger partial charge is 0.257 e. The van der Waals surface area contributed by atoms with Gasteiger partial charge in [0.05, 0.1) is 29.2 Å². The van der Waals surface area contributed by atoms with E-state index in [4.69, 9.17) is 0 Å². The molecule has 2 amide bonds. The maximum absolute atomic E-state index is 12.9.